The van der Waals surface area contributed by atoms with Gasteiger partial charge in [0.25, 0.3) is 0 Å². The van der Waals surface area contributed by atoms with Crippen LogP contribution in [0.3, 0.4) is 0 Å². The molecule has 5 nitrogen and oxygen atoms in total. The van der Waals surface area contributed by atoms with Gasteiger partial charge in [-0.1, -0.05) is 18.7 Å². The molecule has 2 aromatic heterocycles. The summed E-state index contributed by atoms with van der Waals surface area (Å²) in [7, 11) is 1.90. The van der Waals surface area contributed by atoms with E-state index in [1.54, 1.807) is 4.68 Å². The summed E-state index contributed by atoms with van der Waals surface area (Å²) in [5.74, 6) is 0.261. The lowest BCUT2D eigenvalue weighted by Gasteiger charge is -2.31. The van der Waals surface area contributed by atoms with Crippen LogP contribution in [0.2, 0.25) is 0 Å². The lowest BCUT2D eigenvalue weighted by Crippen LogP contribution is -2.37. The molecule has 1 aromatic carbocycles. The van der Waals surface area contributed by atoms with Crippen LogP contribution in [0, 0.1) is 5.92 Å². The van der Waals surface area contributed by atoms with E-state index in [9.17, 15) is 8.78 Å². The topological polar surface area (TPSA) is 46.0 Å². The Kier molecular flexibility index (Phi) is 5.58. The van der Waals surface area contributed by atoms with Crippen LogP contribution in [-0.4, -0.2) is 45.7 Å². The van der Waals surface area contributed by atoms with Crippen molar-refractivity contribution in [2.75, 3.05) is 25.0 Å². The maximum absolute atomic E-state index is 12.8. The molecule has 0 amide bonds. The Balaban J connectivity index is 1.42. The number of rotatable bonds is 6. The summed E-state index contributed by atoms with van der Waals surface area (Å²) in [5, 5.41) is 9.64. The molecule has 0 spiro atoms. The fourth-order valence-electron chi connectivity index (χ4n) is 3.81. The zero-order chi connectivity index (χ0) is 20.4. The monoisotopic (exact) mass is 397 g/mol. The number of halogens is 2. The van der Waals surface area contributed by atoms with Gasteiger partial charge in [-0.05, 0) is 49.0 Å². The van der Waals surface area contributed by atoms with Crippen molar-refractivity contribution in [2.24, 2.45) is 13.0 Å². The number of anilines is 1. The Labute approximate surface area is 169 Å². The molecule has 0 radical (unpaired) electrons. The first-order chi connectivity index (χ1) is 14.0. The summed E-state index contributed by atoms with van der Waals surface area (Å²) >= 11 is 0. The average molecular weight is 397 g/mol. The summed E-state index contributed by atoms with van der Waals surface area (Å²) in [6.07, 6.45) is 4.54. The van der Waals surface area contributed by atoms with E-state index in [1.807, 2.05) is 31.7 Å². The molecule has 152 valence electrons. The number of aromatic nitrogens is 3. The van der Waals surface area contributed by atoms with Crippen LogP contribution in [-0.2, 0) is 7.05 Å². The molecule has 1 aliphatic heterocycles. The third kappa shape index (κ3) is 4.62. The Hall–Kier alpha value is -2.80. The average Bonchev–Trinajstić information content (AvgIpc) is 3.14. The number of piperidine rings is 1. The molecular weight excluding hydrogens is 372 g/mol. The zero-order valence-corrected chi connectivity index (χ0v) is 16.5. The summed E-state index contributed by atoms with van der Waals surface area (Å²) in [5.41, 5.74) is 2.98. The second-order valence-corrected chi connectivity index (χ2v) is 7.71. The molecule has 0 atom stereocenters. The van der Waals surface area contributed by atoms with Crippen molar-refractivity contribution < 1.29 is 8.78 Å². The minimum absolute atomic E-state index is 0.469. The lowest BCUT2D eigenvalue weighted by atomic mass is 9.97. The SMILES string of the molecule is C=C(CN1CCC(C(F)F)CC1)Nc1cc2cc(-c3cnn(C)c3)ccc2cn1. The van der Waals surface area contributed by atoms with E-state index in [0.717, 1.165) is 33.4 Å². The van der Waals surface area contributed by atoms with E-state index >= 15 is 0 Å². The van der Waals surface area contributed by atoms with E-state index in [2.05, 4.69) is 45.1 Å². The molecule has 7 heteroatoms. The van der Waals surface area contributed by atoms with Gasteiger partial charge in [0.2, 0.25) is 6.43 Å². The fraction of sp³-hybridized carbons (Fsp3) is 0.364. The van der Waals surface area contributed by atoms with Crippen LogP contribution in [0.4, 0.5) is 14.6 Å². The molecule has 0 bridgehead atoms. The number of likely N-dealkylation sites (tertiary alicyclic amines) is 1. The molecule has 1 saturated heterocycles. The third-order valence-corrected chi connectivity index (χ3v) is 5.47. The van der Waals surface area contributed by atoms with Gasteiger partial charge in [-0.15, -0.1) is 0 Å². The molecular formula is C22H25F2N5. The first-order valence-electron chi connectivity index (χ1n) is 9.82. The van der Waals surface area contributed by atoms with Crippen LogP contribution in [0.25, 0.3) is 21.9 Å². The van der Waals surface area contributed by atoms with E-state index in [4.69, 9.17) is 0 Å². The predicted octanol–water partition coefficient (Wildman–Crippen LogP) is 4.54. The number of aryl methyl sites for hydroxylation is 1. The van der Waals surface area contributed by atoms with E-state index in [-0.39, 0.29) is 0 Å². The normalized spacial score (nSPS) is 15.9. The maximum atomic E-state index is 12.8. The van der Waals surface area contributed by atoms with E-state index in [0.29, 0.717) is 32.5 Å². The molecule has 1 fully saturated rings. The highest BCUT2D eigenvalue weighted by molar-refractivity contribution is 5.88. The highest BCUT2D eigenvalue weighted by atomic mass is 19.3. The number of benzene rings is 1. The molecule has 0 unspecified atom stereocenters. The molecule has 3 aromatic rings. The van der Waals surface area contributed by atoms with E-state index in [1.165, 1.54) is 0 Å². The van der Waals surface area contributed by atoms with Crippen molar-refractivity contribution in [1.29, 1.82) is 0 Å². The Morgan fingerprint density at radius 3 is 2.66 bits per heavy atom. The molecule has 29 heavy (non-hydrogen) atoms. The number of pyridine rings is 1. The van der Waals surface area contributed by atoms with Gasteiger partial charge in [0.1, 0.15) is 5.82 Å². The minimum Gasteiger partial charge on any atom is -0.343 e. The number of alkyl halides is 2. The summed E-state index contributed by atoms with van der Waals surface area (Å²) in [6, 6.07) is 8.24. The van der Waals surface area contributed by atoms with Crippen LogP contribution >= 0.6 is 0 Å². The van der Waals surface area contributed by atoms with Gasteiger partial charge in [-0.2, -0.15) is 5.10 Å². The van der Waals surface area contributed by atoms with Gasteiger partial charge in [-0.25, -0.2) is 13.8 Å². The minimum atomic E-state index is -2.21. The first-order valence-corrected chi connectivity index (χ1v) is 9.82. The van der Waals surface area contributed by atoms with Crippen LogP contribution in [0.15, 0.2) is 55.1 Å². The van der Waals surface area contributed by atoms with Gasteiger partial charge in [0, 0.05) is 48.6 Å². The summed E-state index contributed by atoms with van der Waals surface area (Å²) in [6.45, 7) is 6.08. The standard InChI is InChI=1S/C22H25F2N5/c1-15(13-29-7-5-16(6-8-29)22(23)24)27-21-10-19-9-17(3-4-18(19)11-25-21)20-12-26-28(2)14-20/h3-4,9-12,14,16,22H,1,5-8,13H2,2H3,(H,25,27). The number of nitrogens with zero attached hydrogens (tertiary/aromatic N) is 4. The largest absolute Gasteiger partial charge is 0.343 e. The summed E-state index contributed by atoms with van der Waals surface area (Å²) < 4.78 is 27.4. The lowest BCUT2D eigenvalue weighted by molar-refractivity contribution is 0.0373. The number of hydrogen-bond acceptors (Lipinski definition) is 4. The predicted molar refractivity (Wildman–Crippen MR) is 112 cm³/mol. The Morgan fingerprint density at radius 2 is 1.97 bits per heavy atom. The Bertz CT molecular complexity index is 1010. The molecule has 1 N–H and O–H groups in total. The second kappa shape index (κ2) is 8.29. The van der Waals surface area contributed by atoms with Crippen LogP contribution < -0.4 is 5.32 Å². The van der Waals surface area contributed by atoms with Crippen molar-refractivity contribution in [2.45, 2.75) is 19.3 Å². The first kappa shape index (κ1) is 19.5. The maximum Gasteiger partial charge on any atom is 0.241 e. The van der Waals surface area contributed by atoms with Crippen molar-refractivity contribution in [1.82, 2.24) is 19.7 Å². The van der Waals surface area contributed by atoms with Crippen molar-refractivity contribution in [3.8, 4) is 11.1 Å². The second-order valence-electron chi connectivity index (χ2n) is 7.71. The summed E-state index contributed by atoms with van der Waals surface area (Å²) in [4.78, 5) is 6.64. The number of fused-ring (bicyclic) bond motifs is 1. The van der Waals surface area contributed by atoms with Crippen LogP contribution in [0.5, 0.6) is 0 Å². The molecule has 0 aliphatic carbocycles. The van der Waals surface area contributed by atoms with Gasteiger partial charge in [0.15, 0.2) is 0 Å². The van der Waals surface area contributed by atoms with Gasteiger partial charge >= 0.3 is 0 Å². The number of nitrogens with one attached hydrogen (secondary N) is 1. The quantitative estimate of drug-likeness (QED) is 0.663. The molecule has 1 aliphatic rings. The Morgan fingerprint density at radius 1 is 1.17 bits per heavy atom. The van der Waals surface area contributed by atoms with Crippen molar-refractivity contribution >= 4 is 16.6 Å². The zero-order valence-electron chi connectivity index (χ0n) is 16.5. The van der Waals surface area contributed by atoms with E-state index < -0.39 is 12.3 Å². The highest BCUT2D eigenvalue weighted by Gasteiger charge is 2.26. The van der Waals surface area contributed by atoms with Crippen molar-refractivity contribution in [3.05, 3.63) is 55.1 Å². The third-order valence-electron chi connectivity index (χ3n) is 5.47. The van der Waals surface area contributed by atoms with Crippen LogP contribution in [0.1, 0.15) is 12.8 Å². The number of hydrogen-bond donors (Lipinski definition) is 1. The van der Waals surface area contributed by atoms with Crippen molar-refractivity contribution in [3.63, 3.8) is 0 Å². The van der Waals surface area contributed by atoms with Gasteiger partial charge in [0.05, 0.1) is 6.20 Å². The smallest absolute Gasteiger partial charge is 0.241 e. The van der Waals surface area contributed by atoms with Gasteiger partial charge in [-0.3, -0.25) is 9.58 Å². The molecule has 4 rings (SSSR count). The fourth-order valence-corrected chi connectivity index (χ4v) is 3.81. The molecule has 0 saturated carbocycles. The molecule has 3 heterocycles. The van der Waals surface area contributed by atoms with Gasteiger partial charge < -0.3 is 5.32 Å². The highest BCUT2D eigenvalue weighted by Crippen LogP contribution is 2.26.